The molecule has 2 amide bonds. The normalized spacial score (nSPS) is 14.2. The van der Waals surface area contributed by atoms with E-state index in [0.29, 0.717) is 18.7 Å². The molecular weight excluding hydrogens is 322 g/mol. The van der Waals surface area contributed by atoms with Gasteiger partial charge in [-0.3, -0.25) is 9.59 Å². The van der Waals surface area contributed by atoms with Crippen molar-refractivity contribution in [3.05, 3.63) is 54.1 Å². The third-order valence-corrected chi connectivity index (χ3v) is 4.62. The fraction of sp³-hybridized carbons (Fsp3) is 0.222. The van der Waals surface area contributed by atoms with Crippen LogP contribution in [0, 0.1) is 0 Å². The number of rotatable bonds is 4. The summed E-state index contributed by atoms with van der Waals surface area (Å²) in [7, 11) is 0. The molecule has 1 aliphatic rings. The molecule has 0 aromatic heterocycles. The van der Waals surface area contributed by atoms with Gasteiger partial charge >= 0.3 is 0 Å². The second-order valence-corrected chi connectivity index (χ2v) is 6.38. The number of amides is 2. The van der Waals surface area contributed by atoms with Crippen LogP contribution in [0.15, 0.2) is 53.4 Å². The highest BCUT2D eigenvalue weighted by Gasteiger charge is 2.16. The smallest absolute Gasteiger partial charge is 0.255 e. The molecule has 24 heavy (non-hydrogen) atoms. The second-order valence-electron chi connectivity index (χ2n) is 5.50. The minimum Gasteiger partial charge on any atom is -0.360 e. The molecule has 6 heteroatoms. The molecule has 2 N–H and O–H groups in total. The summed E-state index contributed by atoms with van der Waals surface area (Å²) >= 11 is 1.64. The van der Waals surface area contributed by atoms with E-state index in [1.807, 2.05) is 59.7 Å². The van der Waals surface area contributed by atoms with E-state index in [4.69, 9.17) is 0 Å². The number of nitrogens with one attached hydrogen (secondary N) is 2. The summed E-state index contributed by atoms with van der Waals surface area (Å²) in [5.74, 6) is -0.0972. The van der Waals surface area contributed by atoms with E-state index in [0.717, 1.165) is 22.8 Å². The monoisotopic (exact) mass is 341 g/mol. The number of nitrogens with zero attached hydrogens (tertiary/aromatic N) is 1. The molecule has 2 aromatic rings. The van der Waals surface area contributed by atoms with E-state index in [1.165, 1.54) is 0 Å². The minimum absolute atomic E-state index is 0.0346. The molecule has 0 spiro atoms. The van der Waals surface area contributed by atoms with E-state index in [1.54, 1.807) is 11.8 Å². The third kappa shape index (κ3) is 3.89. The highest BCUT2D eigenvalue weighted by molar-refractivity contribution is 7.98. The topological polar surface area (TPSA) is 61.4 Å². The predicted octanol–water partition coefficient (Wildman–Crippen LogP) is 2.60. The van der Waals surface area contributed by atoms with Gasteiger partial charge in [-0.15, -0.1) is 11.8 Å². The van der Waals surface area contributed by atoms with Crippen molar-refractivity contribution in [3.63, 3.8) is 0 Å². The lowest BCUT2D eigenvalue weighted by molar-refractivity contribution is -0.120. The van der Waals surface area contributed by atoms with Gasteiger partial charge in [0.2, 0.25) is 5.91 Å². The van der Waals surface area contributed by atoms with Crippen molar-refractivity contribution in [1.29, 1.82) is 0 Å². The molecule has 0 bridgehead atoms. The summed E-state index contributed by atoms with van der Waals surface area (Å²) in [4.78, 5) is 26.9. The Hall–Kier alpha value is -2.47. The van der Waals surface area contributed by atoms with Crippen LogP contribution in [0.25, 0.3) is 0 Å². The zero-order valence-electron chi connectivity index (χ0n) is 13.4. The summed E-state index contributed by atoms with van der Waals surface area (Å²) in [6.07, 6.45) is 2.00. The van der Waals surface area contributed by atoms with Gasteiger partial charge < -0.3 is 15.5 Å². The minimum atomic E-state index is -0.132. The average Bonchev–Trinajstić information content (AvgIpc) is 2.62. The van der Waals surface area contributed by atoms with E-state index >= 15 is 0 Å². The van der Waals surface area contributed by atoms with Crippen LogP contribution in [0.3, 0.4) is 0 Å². The van der Waals surface area contributed by atoms with Crippen molar-refractivity contribution in [1.82, 2.24) is 5.32 Å². The van der Waals surface area contributed by atoms with Crippen LogP contribution in [0.4, 0.5) is 11.4 Å². The van der Waals surface area contributed by atoms with Gasteiger partial charge in [0.25, 0.3) is 5.91 Å². The van der Waals surface area contributed by atoms with Crippen molar-refractivity contribution in [2.45, 2.75) is 4.90 Å². The van der Waals surface area contributed by atoms with E-state index < -0.39 is 0 Å². The molecule has 0 aliphatic carbocycles. The Morgan fingerprint density at radius 2 is 1.83 bits per heavy atom. The van der Waals surface area contributed by atoms with Gasteiger partial charge in [0.15, 0.2) is 0 Å². The summed E-state index contributed by atoms with van der Waals surface area (Å²) < 4.78 is 0. The van der Waals surface area contributed by atoms with E-state index in [2.05, 4.69) is 10.6 Å². The number of thioether (sulfide) groups is 1. The Bertz CT molecular complexity index is 729. The Morgan fingerprint density at radius 3 is 2.46 bits per heavy atom. The van der Waals surface area contributed by atoms with Gasteiger partial charge in [-0.2, -0.15) is 0 Å². The lowest BCUT2D eigenvalue weighted by Crippen LogP contribution is -2.47. The molecular formula is C18H19N3O2S. The molecule has 5 nitrogen and oxygen atoms in total. The largest absolute Gasteiger partial charge is 0.360 e. The molecule has 124 valence electrons. The first kappa shape index (κ1) is 16.4. The zero-order chi connectivity index (χ0) is 16.9. The molecule has 0 radical (unpaired) electrons. The molecule has 1 heterocycles. The fourth-order valence-electron chi connectivity index (χ4n) is 2.56. The van der Waals surface area contributed by atoms with Crippen LogP contribution < -0.4 is 15.5 Å². The maximum absolute atomic E-state index is 12.3. The first-order chi connectivity index (χ1) is 11.7. The van der Waals surface area contributed by atoms with Gasteiger partial charge in [0.05, 0.1) is 6.54 Å². The van der Waals surface area contributed by atoms with Gasteiger partial charge in [-0.25, -0.2) is 0 Å². The standard InChI is InChI=1S/C18H19N3O2S/c1-24-16-8-2-13(3-9-16)18(23)20-14-4-6-15(7-5-14)21-11-10-19-17(22)12-21/h2-9H,10-12H2,1H3,(H,19,22)(H,20,23). The van der Waals surface area contributed by atoms with Crippen molar-refractivity contribution in [2.24, 2.45) is 0 Å². The predicted molar refractivity (Wildman–Crippen MR) is 97.8 cm³/mol. The summed E-state index contributed by atoms with van der Waals surface area (Å²) in [6.45, 7) is 1.82. The second kappa shape index (κ2) is 7.40. The van der Waals surface area contributed by atoms with Crippen LogP contribution in [-0.2, 0) is 4.79 Å². The number of anilines is 2. The van der Waals surface area contributed by atoms with Crippen LogP contribution in [0.1, 0.15) is 10.4 Å². The first-order valence-electron chi connectivity index (χ1n) is 7.73. The lowest BCUT2D eigenvalue weighted by Gasteiger charge is -2.28. The van der Waals surface area contributed by atoms with E-state index in [-0.39, 0.29) is 11.8 Å². The van der Waals surface area contributed by atoms with Crippen molar-refractivity contribution in [2.75, 3.05) is 36.1 Å². The average molecular weight is 341 g/mol. The van der Waals surface area contributed by atoms with Gasteiger partial charge in [0, 0.05) is 34.9 Å². The van der Waals surface area contributed by atoms with Crippen LogP contribution >= 0.6 is 11.8 Å². The Morgan fingerprint density at radius 1 is 1.12 bits per heavy atom. The summed E-state index contributed by atoms with van der Waals surface area (Å²) in [5, 5.41) is 5.70. The van der Waals surface area contributed by atoms with Crippen LogP contribution in [0.2, 0.25) is 0 Å². The fourth-order valence-corrected chi connectivity index (χ4v) is 2.97. The van der Waals surface area contributed by atoms with Crippen molar-refractivity contribution in [3.8, 4) is 0 Å². The molecule has 1 saturated heterocycles. The Balaban J connectivity index is 1.64. The number of benzene rings is 2. The number of carbonyl (C=O) groups excluding carboxylic acids is 2. The maximum Gasteiger partial charge on any atom is 0.255 e. The molecule has 1 fully saturated rings. The molecule has 2 aromatic carbocycles. The Labute approximate surface area is 145 Å². The van der Waals surface area contributed by atoms with Crippen LogP contribution in [0.5, 0.6) is 0 Å². The first-order valence-corrected chi connectivity index (χ1v) is 8.95. The number of hydrogen-bond acceptors (Lipinski definition) is 4. The van der Waals surface area contributed by atoms with Gasteiger partial charge in [-0.05, 0) is 54.8 Å². The number of hydrogen-bond donors (Lipinski definition) is 2. The number of carbonyl (C=O) groups is 2. The molecule has 0 atom stereocenters. The van der Waals surface area contributed by atoms with E-state index in [9.17, 15) is 9.59 Å². The van der Waals surface area contributed by atoms with Gasteiger partial charge in [0.1, 0.15) is 0 Å². The van der Waals surface area contributed by atoms with Crippen molar-refractivity contribution >= 4 is 35.0 Å². The van der Waals surface area contributed by atoms with Crippen LogP contribution in [-0.4, -0.2) is 37.7 Å². The highest BCUT2D eigenvalue weighted by atomic mass is 32.2. The Kier molecular flexibility index (Phi) is 5.05. The molecule has 1 aliphatic heterocycles. The quantitative estimate of drug-likeness (QED) is 0.839. The molecule has 0 unspecified atom stereocenters. The van der Waals surface area contributed by atoms with Gasteiger partial charge in [-0.1, -0.05) is 0 Å². The van der Waals surface area contributed by atoms with Crippen molar-refractivity contribution < 1.29 is 9.59 Å². The summed E-state index contributed by atoms with van der Waals surface area (Å²) in [6, 6.07) is 15.1. The number of piperazine rings is 1. The SMILES string of the molecule is CSc1ccc(C(=O)Nc2ccc(N3CCNC(=O)C3)cc2)cc1. The third-order valence-electron chi connectivity index (χ3n) is 3.88. The molecule has 0 saturated carbocycles. The highest BCUT2D eigenvalue weighted by Crippen LogP contribution is 2.20. The lowest BCUT2D eigenvalue weighted by atomic mass is 10.2. The zero-order valence-corrected chi connectivity index (χ0v) is 14.2. The summed E-state index contributed by atoms with van der Waals surface area (Å²) in [5.41, 5.74) is 2.34. The molecule has 3 rings (SSSR count). The maximum atomic E-state index is 12.3.